The molecule has 0 spiro atoms. The smallest absolute Gasteiger partial charge is 0.321 e. The Morgan fingerprint density at radius 2 is 1.54 bits per heavy atom. The molecule has 0 amide bonds. The minimum absolute atomic E-state index is 0.341. The van der Waals surface area contributed by atoms with Crippen LogP contribution in [-0.2, 0) is 4.79 Å². The van der Waals surface area contributed by atoms with Crippen LogP contribution >= 0.6 is 12.6 Å². The van der Waals surface area contributed by atoms with Crippen molar-refractivity contribution in [1.29, 1.82) is 0 Å². The van der Waals surface area contributed by atoms with Gasteiger partial charge in [0.1, 0.15) is 6.04 Å². The second-order valence-corrected chi connectivity index (χ2v) is 3.18. The maximum atomic E-state index is 10.2. The lowest BCUT2D eigenvalue weighted by molar-refractivity contribution is -0.141. The van der Waals surface area contributed by atoms with Crippen molar-refractivity contribution in [2.75, 3.05) is 6.26 Å². The zero-order chi connectivity index (χ0) is 11.7. The summed E-state index contributed by atoms with van der Waals surface area (Å²) in [5.41, 5.74) is 4.95. The Morgan fingerprint density at radius 1 is 1.31 bits per heavy atom. The molecule has 0 radical (unpaired) electrons. The minimum atomic E-state index is -0.942. The van der Waals surface area contributed by atoms with Gasteiger partial charge in [-0.25, -0.2) is 0 Å². The second kappa shape index (κ2) is 9.86. The number of rotatable bonds is 1. The van der Waals surface area contributed by atoms with Gasteiger partial charge in [-0.15, -0.1) is 0 Å². The number of carboxylic acids is 1. The van der Waals surface area contributed by atoms with Crippen LogP contribution in [0.15, 0.2) is 0 Å². The molecule has 0 rings (SSSR count). The van der Waals surface area contributed by atoms with E-state index in [1.807, 2.05) is 13.8 Å². The molecule has 4 heteroatoms. The highest BCUT2D eigenvalue weighted by atomic mass is 32.1. The van der Waals surface area contributed by atoms with Crippen LogP contribution in [0.2, 0.25) is 0 Å². The zero-order valence-electron chi connectivity index (χ0n) is 9.46. The topological polar surface area (TPSA) is 63.3 Å². The van der Waals surface area contributed by atoms with E-state index >= 15 is 0 Å². The summed E-state index contributed by atoms with van der Waals surface area (Å²) in [5, 5.41) is 8.39. The Kier molecular flexibility index (Phi) is 14.1. The fraction of sp³-hybridized carbons (Fsp3) is 0.889. The number of aliphatic carboxylic acids is 1. The highest BCUT2D eigenvalue weighted by molar-refractivity contribution is 7.79. The fourth-order valence-corrected chi connectivity index (χ4v) is 0.370. The van der Waals surface area contributed by atoms with Gasteiger partial charge in [0.15, 0.2) is 0 Å². The summed E-state index contributed by atoms with van der Waals surface area (Å²) in [6.07, 6.45) is 1.69. The summed E-state index contributed by atoms with van der Waals surface area (Å²) >= 11 is 3.53. The third-order valence-electron chi connectivity index (χ3n) is 1.20. The molecule has 0 aliphatic heterocycles. The van der Waals surface area contributed by atoms with Gasteiger partial charge in [-0.1, -0.05) is 34.6 Å². The first-order valence-corrected chi connectivity index (χ1v) is 5.18. The molecule has 0 saturated carbocycles. The molecule has 0 bridgehead atoms. The molecule has 0 aliphatic carbocycles. The van der Waals surface area contributed by atoms with Gasteiger partial charge in [-0.05, 0) is 11.7 Å². The van der Waals surface area contributed by atoms with Crippen LogP contribution in [0.4, 0.5) is 0 Å². The van der Waals surface area contributed by atoms with Gasteiger partial charge >= 0.3 is 5.97 Å². The first-order valence-electron chi connectivity index (χ1n) is 4.29. The summed E-state index contributed by atoms with van der Waals surface area (Å²) in [6, 6.07) is -0.766. The lowest BCUT2D eigenvalue weighted by Crippen LogP contribution is -2.41. The van der Waals surface area contributed by atoms with Gasteiger partial charge in [0.25, 0.3) is 0 Å². The Labute approximate surface area is 87.1 Å². The first-order chi connectivity index (χ1) is 5.85. The fourth-order valence-electron chi connectivity index (χ4n) is 0.370. The van der Waals surface area contributed by atoms with Crippen molar-refractivity contribution in [2.45, 2.75) is 40.7 Å². The summed E-state index contributed by atoms with van der Waals surface area (Å²) in [6.45, 7) is 9.39. The van der Waals surface area contributed by atoms with E-state index in [1.165, 1.54) is 0 Å². The Bertz CT molecular complexity index is 121. The SMILES string of the molecule is CC.CC(C)(C)[C@H](N)C(=O)O.CS. The van der Waals surface area contributed by atoms with Crippen LogP contribution in [-0.4, -0.2) is 23.4 Å². The first kappa shape index (κ1) is 18.5. The molecular formula is C9H23NO2S. The summed E-state index contributed by atoms with van der Waals surface area (Å²) in [7, 11) is 0. The number of carboxylic acid groups (broad SMARTS) is 1. The van der Waals surface area contributed by atoms with Crippen LogP contribution < -0.4 is 5.73 Å². The van der Waals surface area contributed by atoms with Crippen LogP contribution in [0.25, 0.3) is 0 Å². The number of hydrogen-bond acceptors (Lipinski definition) is 3. The van der Waals surface area contributed by atoms with E-state index in [1.54, 1.807) is 27.0 Å². The molecule has 0 aromatic rings. The molecule has 13 heavy (non-hydrogen) atoms. The maximum Gasteiger partial charge on any atom is 0.321 e. The molecule has 0 fully saturated rings. The van der Waals surface area contributed by atoms with E-state index in [-0.39, 0.29) is 5.41 Å². The Hall–Kier alpha value is -0.220. The van der Waals surface area contributed by atoms with Crippen molar-refractivity contribution in [3.05, 3.63) is 0 Å². The standard InChI is InChI=1S/C6H13NO2.C2H6.CH4S/c1-6(2,3)4(7)5(8)9;2*1-2/h4H,7H2,1-3H3,(H,8,9);1-2H3;2H,1H3/t4-;;/m1../s1. The molecule has 3 N–H and O–H groups in total. The van der Waals surface area contributed by atoms with E-state index in [9.17, 15) is 4.79 Å². The summed E-state index contributed by atoms with van der Waals surface area (Å²) in [4.78, 5) is 10.2. The highest BCUT2D eigenvalue weighted by Crippen LogP contribution is 2.16. The Morgan fingerprint density at radius 3 is 1.54 bits per heavy atom. The van der Waals surface area contributed by atoms with E-state index in [4.69, 9.17) is 10.8 Å². The van der Waals surface area contributed by atoms with E-state index in [0.717, 1.165) is 0 Å². The van der Waals surface area contributed by atoms with Crippen molar-refractivity contribution in [2.24, 2.45) is 11.1 Å². The quantitative estimate of drug-likeness (QED) is 0.579. The van der Waals surface area contributed by atoms with Crippen LogP contribution in [0.5, 0.6) is 0 Å². The molecule has 82 valence electrons. The van der Waals surface area contributed by atoms with Gasteiger partial charge < -0.3 is 10.8 Å². The van der Waals surface area contributed by atoms with Crippen molar-refractivity contribution in [1.82, 2.24) is 0 Å². The van der Waals surface area contributed by atoms with Gasteiger partial charge in [0.05, 0.1) is 0 Å². The normalized spacial score (nSPS) is 11.4. The van der Waals surface area contributed by atoms with Gasteiger partial charge in [-0.3, -0.25) is 4.79 Å². The third kappa shape index (κ3) is 11.8. The van der Waals surface area contributed by atoms with Crippen LogP contribution in [0.3, 0.4) is 0 Å². The molecule has 0 heterocycles. The average Bonchev–Trinajstić information content (AvgIpc) is 2.08. The monoisotopic (exact) mass is 209 g/mol. The molecule has 3 nitrogen and oxygen atoms in total. The molecule has 0 aliphatic rings. The highest BCUT2D eigenvalue weighted by Gasteiger charge is 2.26. The van der Waals surface area contributed by atoms with E-state index < -0.39 is 12.0 Å². The molecule has 0 unspecified atom stereocenters. The maximum absolute atomic E-state index is 10.2. The Balaban J connectivity index is -0.000000218. The molecule has 0 aromatic heterocycles. The van der Waals surface area contributed by atoms with Gasteiger partial charge in [0, 0.05) is 0 Å². The predicted molar refractivity (Wildman–Crippen MR) is 61.3 cm³/mol. The zero-order valence-corrected chi connectivity index (χ0v) is 10.4. The summed E-state index contributed by atoms with van der Waals surface area (Å²) in [5.74, 6) is -0.942. The summed E-state index contributed by atoms with van der Waals surface area (Å²) < 4.78 is 0. The molecule has 1 atom stereocenters. The van der Waals surface area contributed by atoms with Crippen LogP contribution in [0.1, 0.15) is 34.6 Å². The van der Waals surface area contributed by atoms with Gasteiger partial charge in [-0.2, -0.15) is 12.6 Å². The molecule has 0 saturated heterocycles. The van der Waals surface area contributed by atoms with Crippen molar-refractivity contribution >= 4 is 18.6 Å². The number of hydrogen-bond donors (Lipinski definition) is 3. The lowest BCUT2D eigenvalue weighted by Gasteiger charge is -2.22. The minimum Gasteiger partial charge on any atom is -0.480 e. The van der Waals surface area contributed by atoms with E-state index in [2.05, 4.69) is 12.6 Å². The number of carbonyl (C=O) groups is 1. The second-order valence-electron chi connectivity index (χ2n) is 3.18. The van der Waals surface area contributed by atoms with Crippen molar-refractivity contribution in [3.8, 4) is 0 Å². The van der Waals surface area contributed by atoms with Crippen molar-refractivity contribution < 1.29 is 9.90 Å². The number of nitrogens with two attached hydrogens (primary N) is 1. The van der Waals surface area contributed by atoms with Crippen molar-refractivity contribution in [3.63, 3.8) is 0 Å². The molecular weight excluding hydrogens is 186 g/mol. The number of thiol groups is 1. The van der Waals surface area contributed by atoms with E-state index in [0.29, 0.717) is 0 Å². The van der Waals surface area contributed by atoms with Crippen LogP contribution in [0, 0.1) is 5.41 Å². The molecule has 0 aromatic carbocycles. The van der Waals surface area contributed by atoms with Gasteiger partial charge in [0.2, 0.25) is 0 Å². The largest absolute Gasteiger partial charge is 0.480 e. The lowest BCUT2D eigenvalue weighted by atomic mass is 9.88. The third-order valence-corrected chi connectivity index (χ3v) is 1.20. The predicted octanol–water partition coefficient (Wildman–Crippen LogP) is 2.02. The average molecular weight is 209 g/mol.